The number of piperazine rings is 1. The van der Waals surface area contributed by atoms with Crippen LogP contribution in [-0.2, 0) is 27.2 Å². The Morgan fingerprint density at radius 2 is 1.65 bits per heavy atom. The summed E-state index contributed by atoms with van der Waals surface area (Å²) in [6.45, 7) is 4.07. The molecule has 0 saturated carbocycles. The molecule has 0 spiro atoms. The van der Waals surface area contributed by atoms with E-state index in [4.69, 9.17) is 1.41 Å². The lowest BCUT2D eigenvalue weighted by atomic mass is 9.95. The zero-order valence-corrected chi connectivity index (χ0v) is 24.4. The largest absolute Gasteiger partial charge is 0.508 e. The van der Waals surface area contributed by atoms with Crippen molar-refractivity contribution < 1.29 is 20.9 Å². The number of nitrogens with one attached hydrogen (secondary N) is 3. The topological polar surface area (TPSA) is 137 Å². The van der Waals surface area contributed by atoms with E-state index in [2.05, 4.69) is 32.7 Å². The monoisotopic (exact) mass is 584 g/mol. The molecular formula is C34H41N5O4. The van der Waals surface area contributed by atoms with Crippen LogP contribution in [-0.4, -0.2) is 78.0 Å². The Labute approximate surface area is 254 Å². The summed E-state index contributed by atoms with van der Waals surface area (Å²) in [4.78, 5) is 42.5. The number of rotatable bonds is 14. The highest BCUT2D eigenvalue weighted by molar-refractivity contribution is 5.95. The fourth-order valence-corrected chi connectivity index (χ4v) is 5.08. The van der Waals surface area contributed by atoms with E-state index in [1.54, 1.807) is 19.1 Å². The molecule has 0 aliphatic carbocycles. The number of benzene rings is 3. The number of Topliss-reactive ketones (excluding diaryl/α,β-unsaturated/α-hetero) is 1. The van der Waals surface area contributed by atoms with E-state index in [0.717, 1.165) is 23.2 Å². The first-order chi connectivity index (χ1) is 21.3. The van der Waals surface area contributed by atoms with Crippen molar-refractivity contribution in [3.05, 3.63) is 108 Å². The first-order valence-corrected chi connectivity index (χ1v) is 14.6. The quantitative estimate of drug-likeness (QED) is 0.196. The van der Waals surface area contributed by atoms with E-state index < -0.39 is 36.0 Å². The molecule has 0 radical (unpaired) electrons. The molecule has 1 aliphatic rings. The number of ketones is 1. The zero-order valence-electron chi connectivity index (χ0n) is 25.4. The Balaban J connectivity index is 1.43. The summed E-state index contributed by atoms with van der Waals surface area (Å²) in [6.07, 6.45) is 4.60. The van der Waals surface area contributed by atoms with Gasteiger partial charge in [-0.3, -0.25) is 19.3 Å². The second kappa shape index (κ2) is 15.8. The van der Waals surface area contributed by atoms with E-state index in [1.807, 2.05) is 66.7 Å². The number of carbonyl (C=O) groups excluding carboxylic acids is 3. The summed E-state index contributed by atoms with van der Waals surface area (Å²) in [5.74, 6) is -0.997. The predicted octanol–water partition coefficient (Wildman–Crippen LogP) is 2.05. The lowest BCUT2D eigenvalue weighted by molar-refractivity contribution is -0.133. The molecule has 226 valence electrons. The van der Waals surface area contributed by atoms with Gasteiger partial charge in [-0.2, -0.15) is 0 Å². The maximum absolute atomic E-state index is 14.0. The van der Waals surface area contributed by atoms with E-state index in [9.17, 15) is 19.5 Å². The highest BCUT2D eigenvalue weighted by Crippen LogP contribution is 2.13. The number of nitrogens with two attached hydrogens (primary N) is 1. The van der Waals surface area contributed by atoms with E-state index in [-0.39, 0.29) is 18.0 Å². The first-order valence-electron chi connectivity index (χ1n) is 15.1. The summed E-state index contributed by atoms with van der Waals surface area (Å²) in [7, 11) is 0. The van der Waals surface area contributed by atoms with E-state index in [0.29, 0.717) is 26.1 Å². The third-order valence-corrected chi connectivity index (χ3v) is 7.52. The Hall–Kier alpha value is -4.31. The van der Waals surface area contributed by atoms with Gasteiger partial charge in [-0.05, 0) is 48.6 Å². The average molecular weight is 585 g/mol. The molecule has 2 amide bonds. The van der Waals surface area contributed by atoms with Gasteiger partial charge in [-0.25, -0.2) is 0 Å². The van der Waals surface area contributed by atoms with E-state index >= 15 is 0 Å². The van der Waals surface area contributed by atoms with Crippen LogP contribution in [0.2, 0.25) is 1.41 Å². The van der Waals surface area contributed by atoms with Crippen LogP contribution in [0.3, 0.4) is 0 Å². The molecule has 4 rings (SSSR count). The summed E-state index contributed by atoms with van der Waals surface area (Å²) in [5.41, 5.74) is 4.99. The van der Waals surface area contributed by atoms with Crippen molar-refractivity contribution >= 4 is 23.7 Å². The average Bonchev–Trinajstić information content (AvgIpc) is 3.05. The van der Waals surface area contributed by atoms with Gasteiger partial charge < -0.3 is 26.8 Å². The van der Waals surface area contributed by atoms with Gasteiger partial charge in [0.1, 0.15) is 13.2 Å². The SMILES string of the molecule is [2H]N[C@@H](Cc1ccc(O)cc1)C(=O)N[C@@H](C)C(=O)N[C@@H](Cc1ccccc1)C(=O)C1CNCCN1CC=Cc1ccccc1. The van der Waals surface area contributed by atoms with Crippen LogP contribution in [0.25, 0.3) is 6.08 Å². The number of phenols is 1. The molecule has 1 aliphatic heterocycles. The smallest absolute Gasteiger partial charge is 0.242 e. The standard InChI is InChI=1S/C34H41N5O4/c1-24(37-34(43)29(35)21-27-14-16-28(40)17-15-27)33(42)38-30(22-26-11-6-3-7-12-26)32(41)31-23-36-18-20-39(31)19-8-13-25-9-4-2-5-10-25/h2-17,24,29-31,36,40H,18-23,35H2,1H3,(H,37,43)(H,38,42)/t24-,29-,30-,31?/m0/s1/i/hD. The first kappa shape index (κ1) is 30.2. The molecule has 3 aromatic carbocycles. The van der Waals surface area contributed by atoms with Gasteiger partial charge in [-0.1, -0.05) is 84.9 Å². The van der Waals surface area contributed by atoms with Crippen LogP contribution in [0.5, 0.6) is 5.75 Å². The summed E-state index contributed by atoms with van der Waals surface area (Å²) in [6, 6.07) is 22.8. The molecule has 1 saturated heterocycles. The minimum absolute atomic E-state index is 0.0981. The number of aromatic hydroxyl groups is 1. The lowest BCUT2D eigenvalue weighted by Gasteiger charge is -2.36. The summed E-state index contributed by atoms with van der Waals surface area (Å²) < 4.78 is 7.64. The number of hydrogen-bond acceptors (Lipinski definition) is 7. The van der Waals surface area contributed by atoms with Crippen LogP contribution in [0.1, 0.15) is 23.6 Å². The molecule has 1 unspecified atom stereocenters. The second-order valence-electron chi connectivity index (χ2n) is 10.8. The third kappa shape index (κ3) is 9.61. The van der Waals surface area contributed by atoms with Crippen molar-refractivity contribution in [3.63, 3.8) is 0 Å². The van der Waals surface area contributed by atoms with Crippen molar-refractivity contribution in [1.82, 2.24) is 20.9 Å². The molecule has 0 bridgehead atoms. The molecule has 4 atom stereocenters. The number of carbonyl (C=O) groups is 3. The second-order valence-corrected chi connectivity index (χ2v) is 10.8. The van der Waals surface area contributed by atoms with Gasteiger partial charge in [-0.15, -0.1) is 0 Å². The maximum atomic E-state index is 14.0. The van der Waals surface area contributed by atoms with Crippen LogP contribution in [0.15, 0.2) is 91.0 Å². The van der Waals surface area contributed by atoms with Gasteiger partial charge in [0.15, 0.2) is 5.78 Å². The Morgan fingerprint density at radius 1 is 0.977 bits per heavy atom. The maximum Gasteiger partial charge on any atom is 0.242 e. The summed E-state index contributed by atoms with van der Waals surface area (Å²) >= 11 is 0. The molecule has 43 heavy (non-hydrogen) atoms. The fraction of sp³-hybridized carbons (Fsp3) is 0.324. The highest BCUT2D eigenvalue weighted by atomic mass is 16.3. The van der Waals surface area contributed by atoms with Crippen LogP contribution >= 0.6 is 0 Å². The van der Waals surface area contributed by atoms with Gasteiger partial charge >= 0.3 is 0 Å². The molecule has 1 fully saturated rings. The number of phenolic OH excluding ortho intramolecular Hbond substituents is 1. The van der Waals surface area contributed by atoms with Crippen molar-refractivity contribution in [3.8, 4) is 5.75 Å². The Bertz CT molecular complexity index is 1390. The van der Waals surface area contributed by atoms with Gasteiger partial charge in [0.25, 0.3) is 0 Å². The number of amides is 2. The summed E-state index contributed by atoms with van der Waals surface area (Å²) in [5, 5.41) is 18.4. The minimum atomic E-state index is -0.946. The zero-order chi connectivity index (χ0) is 31.3. The Kier molecular flexibility index (Phi) is 11.1. The molecule has 1 heterocycles. The molecule has 6 N–H and O–H groups in total. The van der Waals surface area contributed by atoms with Gasteiger partial charge in [0.05, 0.1) is 18.1 Å². The molecule has 0 aromatic heterocycles. The Morgan fingerprint density at radius 3 is 2.35 bits per heavy atom. The molecular weight excluding hydrogens is 542 g/mol. The van der Waals surface area contributed by atoms with Crippen LogP contribution < -0.4 is 21.7 Å². The minimum Gasteiger partial charge on any atom is -0.508 e. The highest BCUT2D eigenvalue weighted by Gasteiger charge is 2.34. The van der Waals surface area contributed by atoms with Crippen molar-refractivity contribution in [1.29, 1.82) is 0 Å². The lowest BCUT2D eigenvalue weighted by Crippen LogP contribution is -2.61. The van der Waals surface area contributed by atoms with Crippen LogP contribution in [0, 0.1) is 0 Å². The van der Waals surface area contributed by atoms with E-state index in [1.165, 1.54) is 12.1 Å². The number of hydrogen-bond donors (Lipinski definition) is 5. The van der Waals surface area contributed by atoms with Gasteiger partial charge in [0.2, 0.25) is 11.8 Å². The molecule has 3 aromatic rings. The fourth-order valence-electron chi connectivity index (χ4n) is 5.08. The predicted molar refractivity (Wildman–Crippen MR) is 168 cm³/mol. The van der Waals surface area contributed by atoms with Crippen molar-refractivity contribution in [2.45, 2.75) is 43.9 Å². The van der Waals surface area contributed by atoms with Crippen molar-refractivity contribution in [2.75, 3.05) is 26.2 Å². The normalized spacial score (nSPS) is 17.9. The number of nitrogens with zero attached hydrogens (tertiary/aromatic N) is 1. The van der Waals surface area contributed by atoms with Crippen LogP contribution in [0.4, 0.5) is 0 Å². The molecule has 9 nitrogen and oxygen atoms in total. The molecule has 9 heteroatoms. The van der Waals surface area contributed by atoms with Gasteiger partial charge in [0, 0.05) is 26.2 Å². The van der Waals surface area contributed by atoms with Crippen molar-refractivity contribution in [2.24, 2.45) is 5.73 Å². The third-order valence-electron chi connectivity index (χ3n) is 7.52.